The van der Waals surface area contributed by atoms with Crippen molar-refractivity contribution >= 4 is 0 Å². The standard InChI is InChI=1S/C45H30O2/c46-42-25-41(35-19-7-16-32-29-13-4-1-10-26(29)22-38(32)35)45(47)44(37-21-9-18-34-31-15-6-3-12-28(31)24-40(34)37)43(42)36-20-8-17-33-30-14-5-2-11-27(30)23-39(33)36/h1-21,25,46-47H,22-24H2. The number of benzene rings is 7. The van der Waals surface area contributed by atoms with Crippen LogP contribution in [0.2, 0.25) is 0 Å². The van der Waals surface area contributed by atoms with Crippen molar-refractivity contribution in [3.63, 3.8) is 0 Å². The molecule has 0 radical (unpaired) electrons. The van der Waals surface area contributed by atoms with Crippen LogP contribution in [0.15, 0.2) is 133 Å². The average Bonchev–Trinajstić information content (AvgIpc) is 3.80. The van der Waals surface area contributed by atoms with Crippen LogP contribution < -0.4 is 0 Å². The smallest absolute Gasteiger partial charge is 0.132 e. The van der Waals surface area contributed by atoms with Gasteiger partial charge in [0.05, 0.1) is 0 Å². The maximum absolute atomic E-state index is 12.7. The van der Waals surface area contributed by atoms with Crippen molar-refractivity contribution in [2.75, 3.05) is 0 Å². The van der Waals surface area contributed by atoms with Crippen molar-refractivity contribution in [1.29, 1.82) is 0 Å². The second-order valence-corrected chi connectivity index (χ2v) is 13.0. The number of hydrogen-bond donors (Lipinski definition) is 2. The first kappa shape index (κ1) is 26.4. The summed E-state index contributed by atoms with van der Waals surface area (Å²) in [5.41, 5.74) is 19.6. The van der Waals surface area contributed by atoms with Crippen molar-refractivity contribution in [3.05, 3.63) is 167 Å². The third-order valence-electron chi connectivity index (χ3n) is 10.7. The van der Waals surface area contributed by atoms with Gasteiger partial charge in [-0.2, -0.15) is 0 Å². The highest BCUT2D eigenvalue weighted by Gasteiger charge is 2.31. The summed E-state index contributed by atoms with van der Waals surface area (Å²) in [7, 11) is 0. The number of phenols is 2. The maximum atomic E-state index is 12.7. The second kappa shape index (κ2) is 9.82. The fourth-order valence-corrected chi connectivity index (χ4v) is 8.59. The van der Waals surface area contributed by atoms with Crippen molar-refractivity contribution in [2.45, 2.75) is 19.3 Å². The SMILES string of the molecule is Oc1cc(-c2cccc3c2Cc2ccccc2-3)c(O)c(-c2cccc3c2Cc2ccccc2-3)c1-c1cccc2c1Cc1ccccc1-2. The van der Waals surface area contributed by atoms with E-state index in [1.165, 1.54) is 66.8 Å². The molecule has 0 heterocycles. The summed E-state index contributed by atoms with van der Waals surface area (Å²) in [6.07, 6.45) is 2.35. The largest absolute Gasteiger partial charge is 0.507 e. The van der Waals surface area contributed by atoms with Gasteiger partial charge in [0, 0.05) is 16.7 Å². The molecule has 0 amide bonds. The van der Waals surface area contributed by atoms with E-state index < -0.39 is 0 Å². The lowest BCUT2D eigenvalue weighted by Gasteiger charge is -2.22. The van der Waals surface area contributed by atoms with Crippen molar-refractivity contribution in [1.82, 2.24) is 0 Å². The van der Waals surface area contributed by atoms with Gasteiger partial charge >= 0.3 is 0 Å². The quantitative estimate of drug-likeness (QED) is 0.198. The summed E-state index contributed by atoms with van der Waals surface area (Å²) >= 11 is 0. The third kappa shape index (κ3) is 3.73. The molecule has 0 aliphatic heterocycles. The van der Waals surface area contributed by atoms with E-state index >= 15 is 0 Å². The Morgan fingerprint density at radius 3 is 1.13 bits per heavy atom. The second-order valence-electron chi connectivity index (χ2n) is 13.0. The molecular formula is C45H30O2. The van der Waals surface area contributed by atoms with Crippen LogP contribution in [-0.4, -0.2) is 10.2 Å². The molecule has 0 fully saturated rings. The van der Waals surface area contributed by atoms with E-state index in [1.54, 1.807) is 6.07 Å². The van der Waals surface area contributed by atoms with Gasteiger partial charge in [0.2, 0.25) is 0 Å². The molecule has 0 saturated heterocycles. The van der Waals surface area contributed by atoms with Gasteiger partial charge in [-0.05, 0) is 109 Å². The lowest BCUT2D eigenvalue weighted by atomic mass is 9.83. The highest BCUT2D eigenvalue weighted by molar-refractivity contribution is 6.02. The molecule has 2 N–H and O–H groups in total. The van der Waals surface area contributed by atoms with Crippen LogP contribution >= 0.6 is 0 Å². The van der Waals surface area contributed by atoms with E-state index in [4.69, 9.17) is 0 Å². The predicted molar refractivity (Wildman–Crippen MR) is 191 cm³/mol. The monoisotopic (exact) mass is 602 g/mol. The first-order valence-corrected chi connectivity index (χ1v) is 16.4. The van der Waals surface area contributed by atoms with E-state index in [-0.39, 0.29) is 11.5 Å². The van der Waals surface area contributed by atoms with Gasteiger partial charge in [-0.15, -0.1) is 0 Å². The minimum Gasteiger partial charge on any atom is -0.507 e. The Kier molecular flexibility index (Phi) is 5.51. The molecule has 47 heavy (non-hydrogen) atoms. The summed E-state index contributed by atoms with van der Waals surface area (Å²) in [5.74, 6) is 0.387. The van der Waals surface area contributed by atoms with E-state index in [2.05, 4.69) is 127 Å². The molecule has 2 nitrogen and oxygen atoms in total. The number of rotatable bonds is 3. The molecule has 0 saturated carbocycles. The van der Waals surface area contributed by atoms with Crippen LogP contribution in [0.3, 0.4) is 0 Å². The Morgan fingerprint density at radius 1 is 0.319 bits per heavy atom. The zero-order chi connectivity index (χ0) is 31.2. The number of fused-ring (bicyclic) bond motifs is 9. The van der Waals surface area contributed by atoms with Crippen LogP contribution in [0.25, 0.3) is 66.8 Å². The van der Waals surface area contributed by atoms with E-state index in [1.807, 2.05) is 0 Å². The molecule has 7 aromatic carbocycles. The molecule has 222 valence electrons. The molecule has 10 rings (SSSR count). The van der Waals surface area contributed by atoms with Crippen LogP contribution in [0.5, 0.6) is 11.5 Å². The molecule has 3 aliphatic carbocycles. The Hall–Kier alpha value is -5.86. The van der Waals surface area contributed by atoms with E-state index in [0.29, 0.717) is 16.7 Å². The molecule has 3 aliphatic rings. The number of aromatic hydroxyl groups is 2. The fraction of sp³-hybridized carbons (Fsp3) is 0.0667. The first-order valence-electron chi connectivity index (χ1n) is 16.4. The number of hydrogen-bond acceptors (Lipinski definition) is 2. The summed E-state index contributed by atoms with van der Waals surface area (Å²) in [6.45, 7) is 0. The van der Waals surface area contributed by atoms with Gasteiger partial charge in [0.25, 0.3) is 0 Å². The Labute approximate surface area is 273 Å². The van der Waals surface area contributed by atoms with Gasteiger partial charge in [-0.1, -0.05) is 127 Å². The molecule has 0 atom stereocenters. The molecule has 0 bridgehead atoms. The highest BCUT2D eigenvalue weighted by Crippen LogP contribution is 2.55. The van der Waals surface area contributed by atoms with Crippen molar-refractivity contribution in [3.8, 4) is 78.3 Å². The third-order valence-corrected chi connectivity index (χ3v) is 10.7. The Balaban J connectivity index is 1.26. The van der Waals surface area contributed by atoms with E-state index in [0.717, 1.165) is 36.0 Å². The average molecular weight is 603 g/mol. The molecule has 0 unspecified atom stereocenters. The molecule has 0 spiro atoms. The minimum atomic E-state index is 0.179. The van der Waals surface area contributed by atoms with Crippen LogP contribution in [0, 0.1) is 0 Å². The van der Waals surface area contributed by atoms with Crippen molar-refractivity contribution < 1.29 is 10.2 Å². The summed E-state index contributed by atoms with van der Waals surface area (Å²) in [4.78, 5) is 0. The Bertz CT molecular complexity index is 2470. The zero-order valence-corrected chi connectivity index (χ0v) is 25.7. The van der Waals surface area contributed by atoms with E-state index in [9.17, 15) is 10.2 Å². The normalized spacial score (nSPS) is 13.0. The van der Waals surface area contributed by atoms with Crippen molar-refractivity contribution in [2.24, 2.45) is 0 Å². The predicted octanol–water partition coefficient (Wildman–Crippen LogP) is 10.8. The van der Waals surface area contributed by atoms with Gasteiger partial charge in [0.15, 0.2) is 0 Å². The lowest BCUT2D eigenvalue weighted by Crippen LogP contribution is -1.98. The topological polar surface area (TPSA) is 40.5 Å². The zero-order valence-electron chi connectivity index (χ0n) is 25.7. The minimum absolute atomic E-state index is 0.179. The fourth-order valence-electron chi connectivity index (χ4n) is 8.59. The lowest BCUT2D eigenvalue weighted by molar-refractivity contribution is 0.465. The highest BCUT2D eigenvalue weighted by atomic mass is 16.3. The van der Waals surface area contributed by atoms with Gasteiger partial charge in [0.1, 0.15) is 11.5 Å². The molecule has 7 aromatic rings. The summed E-state index contributed by atoms with van der Waals surface area (Å²) in [6, 6.07) is 46.5. The van der Waals surface area contributed by atoms with Gasteiger partial charge in [-0.3, -0.25) is 0 Å². The van der Waals surface area contributed by atoms with Crippen LogP contribution in [0.1, 0.15) is 33.4 Å². The van der Waals surface area contributed by atoms with Crippen LogP contribution in [0.4, 0.5) is 0 Å². The van der Waals surface area contributed by atoms with Gasteiger partial charge in [-0.25, -0.2) is 0 Å². The maximum Gasteiger partial charge on any atom is 0.132 e. The number of phenolic OH excluding ortho intramolecular Hbond substituents is 2. The molecular weight excluding hydrogens is 572 g/mol. The summed E-state index contributed by atoms with van der Waals surface area (Å²) < 4.78 is 0. The molecule has 2 heteroatoms. The molecule has 0 aromatic heterocycles. The van der Waals surface area contributed by atoms with Crippen LogP contribution in [-0.2, 0) is 19.3 Å². The summed E-state index contributed by atoms with van der Waals surface area (Å²) in [5, 5.41) is 24.9. The van der Waals surface area contributed by atoms with Gasteiger partial charge < -0.3 is 10.2 Å². The first-order chi connectivity index (χ1) is 23.2. The Morgan fingerprint density at radius 2 is 0.660 bits per heavy atom.